The maximum Gasteiger partial charge on any atom is 0.182 e. The largest absolute Gasteiger partial charge is 0.504 e. The summed E-state index contributed by atoms with van der Waals surface area (Å²) >= 11 is 0. The van der Waals surface area contributed by atoms with E-state index in [2.05, 4.69) is 9.97 Å². The van der Waals surface area contributed by atoms with Crippen LogP contribution in [0.1, 0.15) is 5.69 Å². The van der Waals surface area contributed by atoms with E-state index in [-0.39, 0.29) is 11.5 Å². The lowest BCUT2D eigenvalue weighted by atomic mass is 10.1. The summed E-state index contributed by atoms with van der Waals surface area (Å²) in [5.41, 5.74) is 1.86. The number of nitrogens with zero attached hydrogens (tertiary/aromatic N) is 3. The van der Waals surface area contributed by atoms with E-state index >= 15 is 0 Å². The number of aromatic nitrogens is 2. The molecule has 1 fully saturated rings. The molecule has 19 heavy (non-hydrogen) atoms. The number of aryl methyl sites for hydroxylation is 1. The minimum atomic E-state index is -0.155. The Morgan fingerprint density at radius 1 is 1.16 bits per heavy atom. The van der Waals surface area contributed by atoms with Gasteiger partial charge >= 0.3 is 0 Å². The number of fused-ring (bicyclic) bond motifs is 1. The predicted molar refractivity (Wildman–Crippen MR) is 70.6 cm³/mol. The topological polar surface area (TPSA) is 78.7 Å². The fourth-order valence-electron chi connectivity index (χ4n) is 2.38. The lowest BCUT2D eigenvalue weighted by molar-refractivity contribution is 0.122. The highest BCUT2D eigenvalue weighted by Crippen LogP contribution is 2.42. The van der Waals surface area contributed by atoms with Crippen LogP contribution in [0.15, 0.2) is 12.4 Å². The van der Waals surface area contributed by atoms with Crippen molar-refractivity contribution in [2.45, 2.75) is 6.92 Å². The molecule has 2 N–H and O–H groups in total. The van der Waals surface area contributed by atoms with Crippen LogP contribution in [-0.2, 0) is 4.74 Å². The average Bonchev–Trinajstić information content (AvgIpc) is 2.43. The van der Waals surface area contributed by atoms with Crippen LogP contribution in [-0.4, -0.2) is 46.5 Å². The Hall–Kier alpha value is -2.08. The number of hydrogen-bond acceptors (Lipinski definition) is 6. The Balaban J connectivity index is 2.18. The van der Waals surface area contributed by atoms with Gasteiger partial charge in [-0.3, -0.25) is 0 Å². The lowest BCUT2D eigenvalue weighted by Gasteiger charge is -2.29. The van der Waals surface area contributed by atoms with Gasteiger partial charge in [0.2, 0.25) is 0 Å². The summed E-state index contributed by atoms with van der Waals surface area (Å²) in [5.74, 6) is -0.274. The highest BCUT2D eigenvalue weighted by molar-refractivity contribution is 5.94. The summed E-state index contributed by atoms with van der Waals surface area (Å²) in [5, 5.41) is 20.8. The Bertz CT molecular complexity index is 624. The van der Waals surface area contributed by atoms with Crippen LogP contribution in [0.3, 0.4) is 0 Å². The Kier molecular flexibility index (Phi) is 2.87. The molecule has 1 aromatic carbocycles. The molecule has 1 aliphatic heterocycles. The van der Waals surface area contributed by atoms with Gasteiger partial charge in [0.15, 0.2) is 11.5 Å². The van der Waals surface area contributed by atoms with Crippen LogP contribution in [0.25, 0.3) is 10.9 Å². The van der Waals surface area contributed by atoms with E-state index in [0.29, 0.717) is 48.6 Å². The number of anilines is 1. The van der Waals surface area contributed by atoms with Gasteiger partial charge in [-0.2, -0.15) is 0 Å². The van der Waals surface area contributed by atoms with Gasteiger partial charge in [0.25, 0.3) is 0 Å². The van der Waals surface area contributed by atoms with Crippen LogP contribution in [0.4, 0.5) is 5.69 Å². The molecule has 100 valence electrons. The van der Waals surface area contributed by atoms with Crippen LogP contribution in [0.5, 0.6) is 11.5 Å². The van der Waals surface area contributed by atoms with Crippen molar-refractivity contribution in [1.82, 2.24) is 9.97 Å². The van der Waals surface area contributed by atoms with Crippen molar-refractivity contribution in [2.75, 3.05) is 31.2 Å². The van der Waals surface area contributed by atoms with E-state index in [0.717, 1.165) is 0 Å². The van der Waals surface area contributed by atoms with Crippen LogP contribution in [0, 0.1) is 6.92 Å². The summed E-state index contributed by atoms with van der Waals surface area (Å²) in [6, 6.07) is 1.78. The SMILES string of the molecule is Cc1ncnc2cc(N3CCOCC3)c(O)c(O)c12. The minimum Gasteiger partial charge on any atom is -0.504 e. The van der Waals surface area contributed by atoms with Crippen molar-refractivity contribution in [1.29, 1.82) is 0 Å². The number of phenols is 2. The minimum absolute atomic E-state index is 0.118. The molecule has 0 spiro atoms. The van der Waals surface area contributed by atoms with Gasteiger partial charge < -0.3 is 19.8 Å². The fraction of sp³-hybridized carbons (Fsp3) is 0.385. The highest BCUT2D eigenvalue weighted by Gasteiger charge is 2.20. The number of rotatable bonds is 1. The Morgan fingerprint density at radius 2 is 1.89 bits per heavy atom. The molecule has 0 amide bonds. The lowest BCUT2D eigenvalue weighted by Crippen LogP contribution is -2.36. The van der Waals surface area contributed by atoms with Gasteiger partial charge in [0, 0.05) is 13.1 Å². The third-order valence-electron chi connectivity index (χ3n) is 3.40. The van der Waals surface area contributed by atoms with E-state index in [1.165, 1.54) is 6.33 Å². The maximum atomic E-state index is 10.2. The van der Waals surface area contributed by atoms with Crippen LogP contribution < -0.4 is 4.90 Å². The van der Waals surface area contributed by atoms with Gasteiger partial charge in [-0.1, -0.05) is 0 Å². The summed E-state index contributed by atoms with van der Waals surface area (Å²) in [6.45, 7) is 4.37. The number of morpholine rings is 1. The highest BCUT2D eigenvalue weighted by atomic mass is 16.5. The van der Waals surface area contributed by atoms with Gasteiger partial charge in [-0.05, 0) is 13.0 Å². The fourth-order valence-corrected chi connectivity index (χ4v) is 2.38. The van der Waals surface area contributed by atoms with Crippen LogP contribution >= 0.6 is 0 Å². The maximum absolute atomic E-state index is 10.2. The van der Waals surface area contributed by atoms with Crippen LogP contribution in [0.2, 0.25) is 0 Å². The van der Waals surface area contributed by atoms with E-state index < -0.39 is 0 Å². The Labute approximate surface area is 110 Å². The smallest absolute Gasteiger partial charge is 0.182 e. The van der Waals surface area contributed by atoms with Crippen molar-refractivity contribution in [3.63, 3.8) is 0 Å². The van der Waals surface area contributed by atoms with E-state index in [1.54, 1.807) is 13.0 Å². The summed E-state index contributed by atoms with van der Waals surface area (Å²) in [4.78, 5) is 10.2. The van der Waals surface area contributed by atoms with E-state index in [9.17, 15) is 10.2 Å². The van der Waals surface area contributed by atoms with E-state index in [1.807, 2.05) is 4.90 Å². The molecular formula is C13H15N3O3. The average molecular weight is 261 g/mol. The van der Waals surface area contributed by atoms with Crippen molar-refractivity contribution in [3.8, 4) is 11.5 Å². The monoisotopic (exact) mass is 261 g/mol. The standard InChI is InChI=1S/C13H15N3O3/c1-8-11-9(15-7-14-8)6-10(12(17)13(11)18)16-2-4-19-5-3-16/h6-7,17-18H,2-5H2,1H3. The second kappa shape index (κ2) is 4.55. The molecule has 0 atom stereocenters. The zero-order valence-electron chi connectivity index (χ0n) is 10.6. The third-order valence-corrected chi connectivity index (χ3v) is 3.40. The first-order valence-corrected chi connectivity index (χ1v) is 6.17. The number of benzene rings is 1. The molecule has 0 radical (unpaired) electrons. The van der Waals surface area contributed by atoms with Gasteiger partial charge in [0.05, 0.1) is 35.5 Å². The van der Waals surface area contributed by atoms with Gasteiger partial charge in [-0.15, -0.1) is 0 Å². The first kappa shape index (κ1) is 12.0. The Morgan fingerprint density at radius 3 is 2.63 bits per heavy atom. The molecule has 0 bridgehead atoms. The number of aromatic hydroxyl groups is 2. The molecule has 6 heteroatoms. The first-order chi connectivity index (χ1) is 9.18. The van der Waals surface area contributed by atoms with Gasteiger partial charge in [0.1, 0.15) is 6.33 Å². The molecule has 2 heterocycles. The molecular weight excluding hydrogens is 246 g/mol. The molecule has 3 rings (SSSR count). The molecule has 1 saturated heterocycles. The molecule has 1 aliphatic rings. The quantitative estimate of drug-likeness (QED) is 0.751. The molecule has 0 saturated carbocycles. The molecule has 0 unspecified atom stereocenters. The first-order valence-electron chi connectivity index (χ1n) is 6.17. The van der Waals surface area contributed by atoms with Crippen molar-refractivity contribution < 1.29 is 14.9 Å². The summed E-state index contributed by atoms with van der Waals surface area (Å²) in [6.07, 6.45) is 1.46. The second-order valence-corrected chi connectivity index (χ2v) is 4.55. The molecule has 2 aromatic rings. The second-order valence-electron chi connectivity index (χ2n) is 4.55. The molecule has 1 aromatic heterocycles. The summed E-state index contributed by atoms with van der Waals surface area (Å²) < 4.78 is 5.29. The molecule has 6 nitrogen and oxygen atoms in total. The van der Waals surface area contributed by atoms with Gasteiger partial charge in [-0.25, -0.2) is 9.97 Å². The van der Waals surface area contributed by atoms with Crippen molar-refractivity contribution >= 4 is 16.6 Å². The van der Waals surface area contributed by atoms with Crippen molar-refractivity contribution in [2.24, 2.45) is 0 Å². The molecule has 0 aliphatic carbocycles. The number of hydrogen-bond donors (Lipinski definition) is 2. The zero-order valence-corrected chi connectivity index (χ0v) is 10.6. The van der Waals surface area contributed by atoms with Crippen molar-refractivity contribution in [3.05, 3.63) is 18.1 Å². The van der Waals surface area contributed by atoms with E-state index in [4.69, 9.17) is 4.74 Å². The number of ether oxygens (including phenoxy) is 1. The normalized spacial score (nSPS) is 15.9. The predicted octanol–water partition coefficient (Wildman–Crippen LogP) is 1.19. The summed E-state index contributed by atoms with van der Waals surface area (Å²) in [7, 11) is 0. The number of phenolic OH excluding ortho intramolecular Hbond substituents is 2. The third kappa shape index (κ3) is 1.94. The zero-order chi connectivity index (χ0) is 13.4.